The van der Waals surface area contributed by atoms with Crippen molar-refractivity contribution in [1.29, 1.82) is 0 Å². The average Bonchev–Trinajstić information content (AvgIpc) is 2.87. The second kappa shape index (κ2) is 16.3. The van der Waals surface area contributed by atoms with E-state index < -0.39 is 116 Å². The molecule has 2 heterocycles. The molecule has 10 atom stereocenters. The molecule has 5 unspecified atom stereocenters. The normalized spacial score (nSPS) is 31.5. The molecule has 18 heteroatoms. The van der Waals surface area contributed by atoms with Gasteiger partial charge in [0.15, 0.2) is 43.1 Å². The van der Waals surface area contributed by atoms with Crippen LogP contribution in [0.4, 0.5) is 0 Å². The van der Waals surface area contributed by atoms with Crippen LogP contribution in [0.25, 0.3) is 0 Å². The highest BCUT2D eigenvalue weighted by Crippen LogP contribution is 2.34. The highest BCUT2D eigenvalue weighted by Gasteiger charge is 2.57. The number of aliphatic hydroxyl groups excluding tert-OH is 1. The molecule has 0 radical (unpaired) electrons. The Morgan fingerprint density at radius 1 is 0.477 bits per heavy atom. The summed E-state index contributed by atoms with van der Waals surface area (Å²) >= 11 is 0. The van der Waals surface area contributed by atoms with Gasteiger partial charge in [0, 0.05) is 48.5 Å². The molecule has 2 rings (SSSR count). The third-order valence-corrected chi connectivity index (χ3v) is 5.90. The first-order valence-electron chi connectivity index (χ1n) is 13.3. The predicted octanol–water partition coefficient (Wildman–Crippen LogP) is -1.40. The predicted molar refractivity (Wildman–Crippen MR) is 135 cm³/mol. The zero-order valence-electron chi connectivity index (χ0n) is 25.1. The van der Waals surface area contributed by atoms with E-state index in [0.29, 0.717) is 0 Å². The Morgan fingerprint density at radius 3 is 1.27 bits per heavy atom. The van der Waals surface area contributed by atoms with Crippen LogP contribution in [0.1, 0.15) is 48.5 Å². The summed E-state index contributed by atoms with van der Waals surface area (Å²) in [4.78, 5) is 83.5. The number of hydrogen-bond acceptors (Lipinski definition) is 18. The fourth-order valence-electron chi connectivity index (χ4n) is 4.49. The van der Waals surface area contributed by atoms with E-state index >= 15 is 0 Å². The molecule has 0 spiro atoms. The summed E-state index contributed by atoms with van der Waals surface area (Å²) in [7, 11) is 0. The lowest BCUT2D eigenvalue weighted by Crippen LogP contribution is -2.67. The smallest absolute Gasteiger partial charge is 0.303 e. The standard InChI is InChI=1S/C26H36O18/c1-10(27)35-8-17-20(21(38-13(4)30)23(25(34)42-17)40-15(6)32)44-26-24(41-16(7)33)22(39-14(5)31)19(37-12(3)29)18(43-26)9-36-11(2)28/h17-26,34H,8-9H2,1-7H3/t17-,18?,19-,20+,21?,22-,23?,24?,25?,26-/m0/s1. The van der Waals surface area contributed by atoms with Crippen molar-refractivity contribution >= 4 is 41.8 Å². The molecule has 0 aromatic heterocycles. The monoisotopic (exact) mass is 636 g/mol. The van der Waals surface area contributed by atoms with E-state index in [2.05, 4.69) is 0 Å². The van der Waals surface area contributed by atoms with Crippen molar-refractivity contribution in [3.8, 4) is 0 Å². The molecule has 18 nitrogen and oxygen atoms in total. The molecule has 2 aliphatic rings. The van der Waals surface area contributed by atoms with E-state index in [4.69, 9.17) is 47.4 Å². The fourth-order valence-corrected chi connectivity index (χ4v) is 4.49. The third-order valence-electron chi connectivity index (χ3n) is 5.90. The van der Waals surface area contributed by atoms with Gasteiger partial charge in [-0.1, -0.05) is 0 Å². The van der Waals surface area contributed by atoms with Crippen LogP contribution in [0.3, 0.4) is 0 Å². The molecule has 0 amide bonds. The van der Waals surface area contributed by atoms with Crippen LogP contribution in [0.5, 0.6) is 0 Å². The summed E-state index contributed by atoms with van der Waals surface area (Å²) in [6, 6.07) is 0. The van der Waals surface area contributed by atoms with Gasteiger partial charge in [-0.05, 0) is 0 Å². The largest absolute Gasteiger partial charge is 0.463 e. The lowest BCUT2D eigenvalue weighted by molar-refractivity contribution is -0.357. The molecule has 0 aliphatic carbocycles. The van der Waals surface area contributed by atoms with Crippen LogP contribution in [0.2, 0.25) is 0 Å². The van der Waals surface area contributed by atoms with Gasteiger partial charge in [0.25, 0.3) is 0 Å². The van der Waals surface area contributed by atoms with E-state index in [1.165, 1.54) is 0 Å². The highest BCUT2D eigenvalue weighted by atomic mass is 16.8. The van der Waals surface area contributed by atoms with Gasteiger partial charge in [0.1, 0.15) is 31.5 Å². The number of esters is 7. The minimum atomic E-state index is -1.90. The highest BCUT2D eigenvalue weighted by molar-refractivity contribution is 5.69. The summed E-state index contributed by atoms with van der Waals surface area (Å²) in [6.45, 7) is 6.11. The van der Waals surface area contributed by atoms with Crippen molar-refractivity contribution < 1.29 is 86.0 Å². The molecule has 0 aromatic rings. The quantitative estimate of drug-likeness (QED) is 0.203. The number of ether oxygens (including phenoxy) is 10. The summed E-state index contributed by atoms with van der Waals surface area (Å²) in [5.41, 5.74) is 0. The lowest BCUT2D eigenvalue weighted by atomic mass is 9.96. The molecule has 0 saturated carbocycles. The topological polar surface area (TPSA) is 232 Å². The minimum absolute atomic E-state index is 0.572. The van der Waals surface area contributed by atoms with Gasteiger partial charge in [-0.15, -0.1) is 0 Å². The van der Waals surface area contributed by atoms with Crippen molar-refractivity contribution in [1.82, 2.24) is 0 Å². The number of carbonyl (C=O) groups is 7. The minimum Gasteiger partial charge on any atom is -0.463 e. The van der Waals surface area contributed by atoms with Gasteiger partial charge >= 0.3 is 41.8 Å². The lowest BCUT2D eigenvalue weighted by Gasteiger charge is -2.48. The molecule has 248 valence electrons. The number of hydrogen-bond donors (Lipinski definition) is 1. The van der Waals surface area contributed by atoms with E-state index in [-0.39, 0.29) is 0 Å². The van der Waals surface area contributed by atoms with Crippen molar-refractivity contribution in [2.75, 3.05) is 13.2 Å². The van der Waals surface area contributed by atoms with Crippen molar-refractivity contribution in [2.24, 2.45) is 0 Å². The van der Waals surface area contributed by atoms with E-state index in [0.717, 1.165) is 48.5 Å². The zero-order chi connectivity index (χ0) is 33.3. The van der Waals surface area contributed by atoms with Gasteiger partial charge in [-0.25, -0.2) is 0 Å². The molecule has 2 saturated heterocycles. The van der Waals surface area contributed by atoms with Crippen LogP contribution < -0.4 is 0 Å². The Kier molecular flexibility index (Phi) is 13.4. The zero-order valence-corrected chi connectivity index (χ0v) is 25.1. The van der Waals surface area contributed by atoms with E-state index in [1.807, 2.05) is 0 Å². The van der Waals surface area contributed by atoms with Crippen LogP contribution in [-0.4, -0.2) is 122 Å². The molecular formula is C26H36O18. The van der Waals surface area contributed by atoms with Crippen LogP contribution in [0, 0.1) is 0 Å². The van der Waals surface area contributed by atoms with Crippen LogP contribution in [0.15, 0.2) is 0 Å². The van der Waals surface area contributed by atoms with Crippen molar-refractivity contribution in [3.05, 3.63) is 0 Å². The average molecular weight is 637 g/mol. The van der Waals surface area contributed by atoms with Crippen LogP contribution in [-0.2, 0) is 80.9 Å². The summed E-state index contributed by atoms with van der Waals surface area (Å²) in [5, 5.41) is 10.6. The van der Waals surface area contributed by atoms with Gasteiger partial charge in [-0.3, -0.25) is 33.6 Å². The number of rotatable bonds is 11. The number of carbonyl (C=O) groups excluding carboxylic acids is 7. The Labute approximate surface area is 251 Å². The molecule has 0 aromatic carbocycles. The van der Waals surface area contributed by atoms with Crippen LogP contribution >= 0.6 is 0 Å². The molecular weight excluding hydrogens is 600 g/mol. The maximum Gasteiger partial charge on any atom is 0.303 e. The molecule has 44 heavy (non-hydrogen) atoms. The second-order valence-electron chi connectivity index (χ2n) is 9.68. The van der Waals surface area contributed by atoms with Crippen molar-refractivity contribution in [3.63, 3.8) is 0 Å². The Balaban J connectivity index is 2.66. The Hall–Kier alpha value is -3.87. The van der Waals surface area contributed by atoms with Crippen molar-refractivity contribution in [2.45, 2.75) is 110 Å². The molecule has 2 aliphatic heterocycles. The first kappa shape index (κ1) is 36.3. The van der Waals surface area contributed by atoms with Gasteiger partial charge < -0.3 is 52.5 Å². The fraction of sp³-hybridized carbons (Fsp3) is 0.731. The Morgan fingerprint density at radius 2 is 0.841 bits per heavy atom. The molecule has 2 fully saturated rings. The van der Waals surface area contributed by atoms with Gasteiger partial charge in [0.05, 0.1) is 0 Å². The van der Waals surface area contributed by atoms with Gasteiger partial charge in [-0.2, -0.15) is 0 Å². The maximum absolute atomic E-state index is 12.2. The van der Waals surface area contributed by atoms with E-state index in [9.17, 15) is 38.7 Å². The third kappa shape index (κ3) is 10.7. The summed E-state index contributed by atoms with van der Waals surface area (Å²) in [6.07, 6.45) is -16.3. The first-order chi connectivity index (χ1) is 20.5. The van der Waals surface area contributed by atoms with Gasteiger partial charge in [0.2, 0.25) is 0 Å². The van der Waals surface area contributed by atoms with E-state index in [1.54, 1.807) is 0 Å². The molecule has 0 bridgehead atoms. The SMILES string of the molecule is CC(=O)OCC1O[C@@H](O[C@H]2C(OC(C)=O)C(OC(C)=O)C(O)O[C@H]2COC(C)=O)C(OC(C)=O)[C@@H](OC(C)=O)[C@H]1OC(C)=O. The Bertz CT molecular complexity index is 1090. The molecule has 1 N–H and O–H groups in total. The summed E-state index contributed by atoms with van der Waals surface area (Å²) in [5.74, 6) is -6.03. The maximum atomic E-state index is 12.2. The summed E-state index contributed by atoms with van der Waals surface area (Å²) < 4.78 is 54.1. The first-order valence-corrected chi connectivity index (χ1v) is 13.3. The number of aliphatic hydroxyl groups is 1. The second-order valence-corrected chi connectivity index (χ2v) is 9.68.